The monoisotopic (exact) mass is 218 g/mol. The number of ether oxygens (including phenoxy) is 1. The molecule has 0 heterocycles. The Morgan fingerprint density at radius 2 is 2.06 bits per heavy atom. The molecule has 2 nitrogen and oxygen atoms in total. The highest BCUT2D eigenvalue weighted by Crippen LogP contribution is 2.41. The Bertz CT molecular complexity index is 378. The Morgan fingerprint density at radius 1 is 1.38 bits per heavy atom. The largest absolute Gasteiger partial charge is 0.461 e. The zero-order valence-electron chi connectivity index (χ0n) is 9.90. The molecule has 1 aromatic rings. The van der Waals surface area contributed by atoms with Gasteiger partial charge < -0.3 is 4.74 Å². The summed E-state index contributed by atoms with van der Waals surface area (Å²) in [6, 6.07) is 8.27. The van der Waals surface area contributed by atoms with Crippen LogP contribution >= 0.6 is 0 Å². The summed E-state index contributed by atoms with van der Waals surface area (Å²) < 4.78 is 5.27. The summed E-state index contributed by atoms with van der Waals surface area (Å²) in [5.41, 5.74) is 2.53. The van der Waals surface area contributed by atoms with Gasteiger partial charge in [-0.25, -0.2) is 0 Å². The number of carbonyl (C=O) groups is 1. The number of benzene rings is 1. The third-order valence-electron chi connectivity index (χ3n) is 2.91. The fourth-order valence-corrected chi connectivity index (χ4v) is 1.77. The standard InChI is InChI=1S/C14H18O2/c1-10(2)14(15)16-9-12-5-3-4-6-13(12)11-7-8-11/h3-6,10-11H,7-9H2,1-2H3. The molecule has 0 atom stereocenters. The van der Waals surface area contributed by atoms with Crippen LogP contribution in [0.2, 0.25) is 0 Å². The SMILES string of the molecule is CC(C)C(=O)OCc1ccccc1C1CC1. The van der Waals surface area contributed by atoms with Crippen LogP contribution < -0.4 is 0 Å². The van der Waals surface area contributed by atoms with E-state index in [2.05, 4.69) is 18.2 Å². The minimum Gasteiger partial charge on any atom is -0.461 e. The van der Waals surface area contributed by atoms with Crippen molar-refractivity contribution in [1.29, 1.82) is 0 Å². The van der Waals surface area contributed by atoms with E-state index < -0.39 is 0 Å². The van der Waals surface area contributed by atoms with Crippen molar-refractivity contribution in [3.8, 4) is 0 Å². The summed E-state index contributed by atoms with van der Waals surface area (Å²) in [4.78, 5) is 11.4. The number of rotatable bonds is 4. The van der Waals surface area contributed by atoms with E-state index in [1.807, 2.05) is 19.9 Å². The second kappa shape index (κ2) is 4.69. The molecular formula is C14H18O2. The molecule has 0 spiro atoms. The van der Waals surface area contributed by atoms with Crippen molar-refractivity contribution in [1.82, 2.24) is 0 Å². The quantitative estimate of drug-likeness (QED) is 0.725. The molecule has 0 saturated heterocycles. The van der Waals surface area contributed by atoms with E-state index in [1.165, 1.54) is 24.0 Å². The van der Waals surface area contributed by atoms with Crippen molar-refractivity contribution in [3.63, 3.8) is 0 Å². The van der Waals surface area contributed by atoms with Crippen molar-refractivity contribution in [2.75, 3.05) is 0 Å². The molecule has 2 rings (SSSR count). The van der Waals surface area contributed by atoms with Crippen LogP contribution in [0.5, 0.6) is 0 Å². The van der Waals surface area contributed by atoms with E-state index in [9.17, 15) is 4.79 Å². The third kappa shape index (κ3) is 2.63. The van der Waals surface area contributed by atoms with Gasteiger partial charge >= 0.3 is 5.97 Å². The van der Waals surface area contributed by atoms with Gasteiger partial charge in [-0.05, 0) is 29.9 Å². The predicted molar refractivity (Wildman–Crippen MR) is 63.1 cm³/mol. The van der Waals surface area contributed by atoms with Crippen LogP contribution in [0.3, 0.4) is 0 Å². The van der Waals surface area contributed by atoms with Crippen molar-refractivity contribution < 1.29 is 9.53 Å². The second-order valence-electron chi connectivity index (χ2n) is 4.74. The smallest absolute Gasteiger partial charge is 0.308 e. The molecule has 1 aliphatic rings. The average molecular weight is 218 g/mol. The minimum atomic E-state index is -0.120. The van der Waals surface area contributed by atoms with E-state index in [-0.39, 0.29) is 11.9 Å². The molecule has 86 valence electrons. The maximum atomic E-state index is 11.4. The second-order valence-corrected chi connectivity index (χ2v) is 4.74. The molecule has 1 aliphatic carbocycles. The molecule has 0 aliphatic heterocycles. The number of hydrogen-bond acceptors (Lipinski definition) is 2. The molecule has 1 fully saturated rings. The molecule has 0 amide bonds. The molecule has 0 unspecified atom stereocenters. The predicted octanol–water partition coefficient (Wildman–Crippen LogP) is 3.26. The van der Waals surface area contributed by atoms with E-state index in [0.717, 1.165) is 0 Å². The summed E-state index contributed by atoms with van der Waals surface area (Å²) in [5.74, 6) is 0.535. The van der Waals surface area contributed by atoms with Gasteiger partial charge in [-0.3, -0.25) is 4.79 Å². The van der Waals surface area contributed by atoms with E-state index >= 15 is 0 Å². The summed E-state index contributed by atoms with van der Waals surface area (Å²) in [6.07, 6.45) is 2.55. The molecular weight excluding hydrogens is 200 g/mol. The number of esters is 1. The van der Waals surface area contributed by atoms with Gasteiger partial charge in [0.25, 0.3) is 0 Å². The lowest BCUT2D eigenvalue weighted by atomic mass is 10.0. The summed E-state index contributed by atoms with van der Waals surface area (Å²) in [6.45, 7) is 4.13. The lowest BCUT2D eigenvalue weighted by Gasteiger charge is -2.10. The molecule has 0 bridgehead atoms. The summed E-state index contributed by atoms with van der Waals surface area (Å²) >= 11 is 0. The lowest BCUT2D eigenvalue weighted by Crippen LogP contribution is -2.12. The van der Waals surface area contributed by atoms with Crippen LogP contribution in [0, 0.1) is 5.92 Å². The van der Waals surface area contributed by atoms with Gasteiger partial charge in [0.05, 0.1) is 5.92 Å². The third-order valence-corrected chi connectivity index (χ3v) is 2.91. The van der Waals surface area contributed by atoms with Crippen molar-refractivity contribution in [3.05, 3.63) is 35.4 Å². The maximum Gasteiger partial charge on any atom is 0.308 e. The molecule has 1 aromatic carbocycles. The average Bonchev–Trinajstić information content (AvgIpc) is 3.10. The van der Waals surface area contributed by atoms with Crippen molar-refractivity contribution in [2.45, 2.75) is 39.2 Å². The van der Waals surface area contributed by atoms with Gasteiger partial charge in [0.1, 0.15) is 6.61 Å². The first-order valence-corrected chi connectivity index (χ1v) is 5.93. The number of hydrogen-bond donors (Lipinski definition) is 0. The van der Waals surface area contributed by atoms with Crippen LogP contribution in [0.25, 0.3) is 0 Å². The normalized spacial score (nSPS) is 15.2. The Balaban J connectivity index is 2.01. The van der Waals surface area contributed by atoms with Gasteiger partial charge in [0.15, 0.2) is 0 Å². The highest BCUT2D eigenvalue weighted by molar-refractivity contribution is 5.71. The zero-order chi connectivity index (χ0) is 11.5. The van der Waals surface area contributed by atoms with Gasteiger partial charge in [-0.1, -0.05) is 38.1 Å². The van der Waals surface area contributed by atoms with Crippen LogP contribution in [-0.4, -0.2) is 5.97 Å². The first-order valence-electron chi connectivity index (χ1n) is 5.93. The van der Waals surface area contributed by atoms with Crippen LogP contribution in [0.4, 0.5) is 0 Å². The molecule has 0 aromatic heterocycles. The molecule has 2 heteroatoms. The van der Waals surface area contributed by atoms with Crippen LogP contribution in [-0.2, 0) is 16.1 Å². The van der Waals surface area contributed by atoms with E-state index in [1.54, 1.807) is 0 Å². The van der Waals surface area contributed by atoms with E-state index in [4.69, 9.17) is 4.74 Å². The minimum absolute atomic E-state index is 0.0481. The number of carbonyl (C=O) groups excluding carboxylic acids is 1. The Kier molecular flexibility index (Phi) is 3.28. The summed E-state index contributed by atoms with van der Waals surface area (Å²) in [7, 11) is 0. The van der Waals surface area contributed by atoms with E-state index in [0.29, 0.717) is 12.5 Å². The summed E-state index contributed by atoms with van der Waals surface area (Å²) in [5, 5.41) is 0. The lowest BCUT2D eigenvalue weighted by molar-refractivity contribution is -0.148. The van der Waals surface area contributed by atoms with Gasteiger partial charge in [0, 0.05) is 0 Å². The Labute approximate surface area is 96.6 Å². The molecule has 16 heavy (non-hydrogen) atoms. The zero-order valence-corrected chi connectivity index (χ0v) is 9.90. The van der Waals surface area contributed by atoms with Gasteiger partial charge in [-0.2, -0.15) is 0 Å². The fourth-order valence-electron chi connectivity index (χ4n) is 1.77. The fraction of sp³-hybridized carbons (Fsp3) is 0.500. The highest BCUT2D eigenvalue weighted by Gasteiger charge is 2.25. The Morgan fingerprint density at radius 3 is 2.69 bits per heavy atom. The molecule has 0 radical (unpaired) electrons. The maximum absolute atomic E-state index is 11.4. The molecule has 0 N–H and O–H groups in total. The molecule has 1 saturated carbocycles. The van der Waals surface area contributed by atoms with Crippen molar-refractivity contribution in [2.24, 2.45) is 5.92 Å². The van der Waals surface area contributed by atoms with Crippen molar-refractivity contribution >= 4 is 5.97 Å². The van der Waals surface area contributed by atoms with Crippen LogP contribution in [0.1, 0.15) is 43.7 Å². The first-order chi connectivity index (χ1) is 7.68. The topological polar surface area (TPSA) is 26.3 Å². The van der Waals surface area contributed by atoms with Gasteiger partial charge in [0.2, 0.25) is 0 Å². The highest BCUT2D eigenvalue weighted by atomic mass is 16.5. The first kappa shape index (κ1) is 11.2. The van der Waals surface area contributed by atoms with Gasteiger partial charge in [-0.15, -0.1) is 0 Å². The van der Waals surface area contributed by atoms with Crippen LogP contribution in [0.15, 0.2) is 24.3 Å². The Hall–Kier alpha value is -1.31.